The third kappa shape index (κ3) is 3.91. The van der Waals surface area contributed by atoms with Crippen LogP contribution in [0.2, 0.25) is 0 Å². The Labute approximate surface area is 175 Å². The van der Waals surface area contributed by atoms with Crippen molar-refractivity contribution in [2.24, 2.45) is 0 Å². The highest BCUT2D eigenvalue weighted by molar-refractivity contribution is 6.07. The molecule has 1 saturated heterocycles. The Hall–Kier alpha value is -4.33. The maximum atomic E-state index is 12.8. The van der Waals surface area contributed by atoms with Gasteiger partial charge >= 0.3 is 5.97 Å². The van der Waals surface area contributed by atoms with Gasteiger partial charge in [0.25, 0.3) is 5.91 Å². The molecule has 0 radical (unpaired) electrons. The fraction of sp³-hybridized carbons (Fsp3) is 0.250. The van der Waals surface area contributed by atoms with Crippen LogP contribution in [0.25, 0.3) is 16.6 Å². The summed E-state index contributed by atoms with van der Waals surface area (Å²) in [5, 5.41) is 28.6. The van der Waals surface area contributed by atoms with Gasteiger partial charge in [0.1, 0.15) is 6.04 Å². The van der Waals surface area contributed by atoms with E-state index in [-0.39, 0.29) is 18.1 Å². The summed E-state index contributed by atoms with van der Waals surface area (Å²) in [4.78, 5) is 41.9. The normalized spacial score (nSPS) is 15.6. The number of nitrogens with one attached hydrogen (secondary N) is 1. The van der Waals surface area contributed by atoms with Gasteiger partial charge in [-0.3, -0.25) is 14.6 Å². The van der Waals surface area contributed by atoms with Crippen molar-refractivity contribution in [3.63, 3.8) is 0 Å². The molecule has 0 aliphatic carbocycles. The number of hydrogen-bond donors (Lipinski definition) is 2. The fourth-order valence-corrected chi connectivity index (χ4v) is 3.51. The van der Waals surface area contributed by atoms with E-state index in [9.17, 15) is 14.4 Å². The molecule has 2 N–H and O–H groups in total. The van der Waals surface area contributed by atoms with E-state index in [4.69, 9.17) is 10.4 Å². The lowest BCUT2D eigenvalue weighted by Crippen LogP contribution is -2.42. The first-order valence-corrected chi connectivity index (χ1v) is 9.50. The highest BCUT2D eigenvalue weighted by Gasteiger charge is 2.28. The number of fused-ring (bicyclic) bond motifs is 1. The predicted octanol–water partition coefficient (Wildman–Crippen LogP) is 0.758. The average molecular weight is 419 g/mol. The first-order chi connectivity index (χ1) is 15.0. The Bertz CT molecular complexity index is 1230. The van der Waals surface area contributed by atoms with Gasteiger partial charge in [-0.15, -0.1) is 5.10 Å². The van der Waals surface area contributed by atoms with Crippen LogP contribution in [0.3, 0.4) is 0 Å². The van der Waals surface area contributed by atoms with Crippen LogP contribution in [0.15, 0.2) is 36.7 Å². The Kier molecular flexibility index (Phi) is 5.28. The standard InChI is InChI=1S/C20H17N7O4/c21-9-13-2-1-7-26(13)18(28)10-23-19(29)14-5-6-22-16-4-3-12(8-15(14)16)27-11-17(20(30)31)24-25-27/h3-6,8,11,13H,1-2,7,10H2,(H,23,29)(H,30,31)/t13-/m0/s1. The molecule has 0 saturated carbocycles. The summed E-state index contributed by atoms with van der Waals surface area (Å²) in [6.45, 7) is 0.288. The van der Waals surface area contributed by atoms with Crippen LogP contribution in [-0.4, -0.2) is 66.9 Å². The molecule has 156 valence electrons. The molecule has 0 bridgehead atoms. The number of rotatable bonds is 5. The predicted molar refractivity (Wildman–Crippen MR) is 106 cm³/mol. The number of amides is 2. The number of nitrogens with zero attached hydrogens (tertiary/aromatic N) is 6. The molecular weight excluding hydrogens is 402 g/mol. The zero-order valence-electron chi connectivity index (χ0n) is 16.2. The number of carbonyl (C=O) groups is 3. The van der Waals surface area contributed by atoms with Gasteiger partial charge in [0, 0.05) is 18.1 Å². The Morgan fingerprint density at radius 1 is 1.29 bits per heavy atom. The van der Waals surface area contributed by atoms with Gasteiger partial charge in [-0.1, -0.05) is 5.21 Å². The molecule has 0 spiro atoms. The van der Waals surface area contributed by atoms with Crippen molar-refractivity contribution in [3.05, 3.63) is 47.9 Å². The lowest BCUT2D eigenvalue weighted by Gasteiger charge is -2.19. The van der Waals surface area contributed by atoms with Gasteiger partial charge in [0.2, 0.25) is 5.91 Å². The number of aromatic carboxylic acids is 1. The van der Waals surface area contributed by atoms with Crippen molar-refractivity contribution in [2.75, 3.05) is 13.1 Å². The number of carbonyl (C=O) groups excluding carboxylic acids is 2. The van der Waals surface area contributed by atoms with Gasteiger partial charge in [-0.2, -0.15) is 5.26 Å². The number of nitriles is 1. The van der Waals surface area contributed by atoms with Crippen LogP contribution in [0.1, 0.15) is 33.7 Å². The van der Waals surface area contributed by atoms with E-state index in [0.717, 1.165) is 6.42 Å². The van der Waals surface area contributed by atoms with Crippen molar-refractivity contribution < 1.29 is 19.5 Å². The molecule has 11 nitrogen and oxygen atoms in total. The number of benzene rings is 1. The van der Waals surface area contributed by atoms with Gasteiger partial charge in [-0.25, -0.2) is 9.48 Å². The molecule has 3 aromatic rings. The van der Waals surface area contributed by atoms with Gasteiger partial charge in [-0.05, 0) is 37.1 Å². The van der Waals surface area contributed by atoms with E-state index in [1.807, 2.05) is 0 Å². The molecule has 31 heavy (non-hydrogen) atoms. The number of aromatic nitrogens is 4. The summed E-state index contributed by atoms with van der Waals surface area (Å²) in [6, 6.07) is 8.18. The second-order valence-electron chi connectivity index (χ2n) is 6.97. The minimum Gasteiger partial charge on any atom is -0.476 e. The monoisotopic (exact) mass is 419 g/mol. The number of carboxylic acid groups (broad SMARTS) is 1. The molecule has 1 aliphatic heterocycles. The van der Waals surface area contributed by atoms with E-state index in [1.54, 1.807) is 18.2 Å². The molecule has 1 atom stereocenters. The highest BCUT2D eigenvalue weighted by atomic mass is 16.4. The van der Waals surface area contributed by atoms with E-state index < -0.39 is 17.9 Å². The molecule has 1 aromatic carbocycles. The number of carboxylic acids is 1. The summed E-state index contributed by atoms with van der Waals surface area (Å²) < 4.78 is 1.29. The zero-order valence-corrected chi connectivity index (χ0v) is 16.2. The summed E-state index contributed by atoms with van der Waals surface area (Å²) in [5.74, 6) is -1.97. The molecule has 11 heteroatoms. The minimum absolute atomic E-state index is 0.208. The van der Waals surface area contributed by atoms with E-state index in [2.05, 4.69) is 26.7 Å². The summed E-state index contributed by atoms with van der Waals surface area (Å²) in [6.07, 6.45) is 4.16. The van der Waals surface area contributed by atoms with Crippen LogP contribution in [0.4, 0.5) is 0 Å². The van der Waals surface area contributed by atoms with Crippen molar-refractivity contribution in [2.45, 2.75) is 18.9 Å². The average Bonchev–Trinajstić information content (AvgIpc) is 3.46. The van der Waals surface area contributed by atoms with Crippen LogP contribution >= 0.6 is 0 Å². The smallest absolute Gasteiger partial charge is 0.358 e. The highest BCUT2D eigenvalue weighted by Crippen LogP contribution is 2.21. The second kappa shape index (κ2) is 8.19. The first kappa shape index (κ1) is 20.0. The largest absolute Gasteiger partial charge is 0.476 e. The topological polar surface area (TPSA) is 154 Å². The van der Waals surface area contributed by atoms with Crippen LogP contribution in [0.5, 0.6) is 0 Å². The van der Waals surface area contributed by atoms with Crippen molar-refractivity contribution in [1.82, 2.24) is 30.2 Å². The second-order valence-corrected chi connectivity index (χ2v) is 6.97. The van der Waals surface area contributed by atoms with Crippen LogP contribution < -0.4 is 5.32 Å². The molecular formula is C20H17N7O4. The van der Waals surface area contributed by atoms with Gasteiger partial charge < -0.3 is 15.3 Å². The van der Waals surface area contributed by atoms with E-state index >= 15 is 0 Å². The summed E-state index contributed by atoms with van der Waals surface area (Å²) in [7, 11) is 0. The molecule has 3 heterocycles. The van der Waals surface area contributed by atoms with Crippen LogP contribution in [0, 0.1) is 11.3 Å². The lowest BCUT2D eigenvalue weighted by molar-refractivity contribution is -0.130. The molecule has 1 fully saturated rings. The summed E-state index contributed by atoms with van der Waals surface area (Å²) in [5.41, 5.74) is 1.14. The van der Waals surface area contributed by atoms with Crippen molar-refractivity contribution >= 4 is 28.7 Å². The van der Waals surface area contributed by atoms with E-state index in [0.29, 0.717) is 35.1 Å². The SMILES string of the molecule is N#C[C@@H]1CCCN1C(=O)CNC(=O)c1ccnc2ccc(-n3cc(C(=O)O)nn3)cc12. The summed E-state index contributed by atoms with van der Waals surface area (Å²) >= 11 is 0. The quantitative estimate of drug-likeness (QED) is 0.614. The van der Waals surface area contributed by atoms with E-state index in [1.165, 1.54) is 28.0 Å². The van der Waals surface area contributed by atoms with Crippen LogP contribution in [-0.2, 0) is 4.79 Å². The van der Waals surface area contributed by atoms with Gasteiger partial charge in [0.15, 0.2) is 5.69 Å². The zero-order chi connectivity index (χ0) is 22.0. The Morgan fingerprint density at radius 2 is 2.13 bits per heavy atom. The molecule has 1 aliphatic rings. The Morgan fingerprint density at radius 3 is 2.87 bits per heavy atom. The fourth-order valence-electron chi connectivity index (χ4n) is 3.51. The third-order valence-electron chi connectivity index (χ3n) is 5.07. The number of hydrogen-bond acceptors (Lipinski definition) is 7. The van der Waals surface area contributed by atoms with Gasteiger partial charge in [0.05, 0.1) is 35.6 Å². The Balaban J connectivity index is 1.56. The number of pyridine rings is 1. The molecule has 0 unspecified atom stereocenters. The lowest BCUT2D eigenvalue weighted by atomic mass is 10.1. The molecule has 4 rings (SSSR count). The maximum Gasteiger partial charge on any atom is 0.358 e. The van der Waals surface area contributed by atoms with Crippen molar-refractivity contribution in [1.29, 1.82) is 5.26 Å². The maximum absolute atomic E-state index is 12.8. The number of likely N-dealkylation sites (tertiary alicyclic amines) is 1. The third-order valence-corrected chi connectivity index (χ3v) is 5.07. The van der Waals surface area contributed by atoms with Crippen molar-refractivity contribution in [3.8, 4) is 11.8 Å². The molecule has 2 amide bonds. The minimum atomic E-state index is -1.20. The molecule has 2 aromatic heterocycles. The first-order valence-electron chi connectivity index (χ1n) is 9.50.